The van der Waals surface area contributed by atoms with E-state index >= 15 is 0 Å². The van der Waals surface area contributed by atoms with Crippen LogP contribution in [0.1, 0.15) is 0 Å². The van der Waals surface area contributed by atoms with E-state index < -0.39 is 30.1 Å². The molecule has 2 aromatic carbocycles. The summed E-state index contributed by atoms with van der Waals surface area (Å²) in [5.41, 5.74) is 0.270. The molecule has 0 fully saturated rings. The number of nitrogens with zero attached hydrogens (tertiary/aromatic N) is 1. The molecule has 2 aromatic rings. The average molecular weight is 368 g/mol. The van der Waals surface area contributed by atoms with Crippen LogP contribution in [0.5, 0.6) is 0 Å². The van der Waals surface area contributed by atoms with Gasteiger partial charge in [-0.2, -0.15) is 0 Å². The van der Waals surface area contributed by atoms with Gasteiger partial charge in [0.05, 0.1) is 5.69 Å². The topological polar surface area (TPSA) is 79.8 Å². The second kappa shape index (κ2) is 8.74. The molecule has 0 unspecified atom stereocenters. The molecule has 9 heteroatoms. The second-order valence-electron chi connectivity index (χ2n) is 4.68. The summed E-state index contributed by atoms with van der Waals surface area (Å²) in [5.74, 6) is -3.01. The lowest BCUT2D eigenvalue weighted by atomic mass is 10.3. The number of amides is 2. The third-order valence-corrected chi connectivity index (χ3v) is 2.97. The molecule has 0 radical (unpaired) electrons. The quantitative estimate of drug-likeness (QED) is 0.608. The molecule has 2 rings (SSSR count). The van der Waals surface area contributed by atoms with Crippen molar-refractivity contribution in [3.8, 4) is 0 Å². The molecule has 0 spiro atoms. The van der Waals surface area contributed by atoms with Gasteiger partial charge in [0.15, 0.2) is 6.61 Å². The van der Waals surface area contributed by atoms with Crippen molar-refractivity contribution in [1.82, 2.24) is 0 Å². The van der Waals surface area contributed by atoms with Crippen molar-refractivity contribution >= 4 is 41.0 Å². The standard InChI is InChI=1S/C16H12ClF2N3O3/c17-10-2-1-3-12(6-10)21-16(24)9-25-20-8-15(23)22-14-5-4-11(18)7-13(14)19/h1-8H,9H2,(H,21,24)(H,22,23)/b20-8+. The van der Waals surface area contributed by atoms with Gasteiger partial charge < -0.3 is 15.5 Å². The molecule has 0 saturated heterocycles. The first-order valence-electron chi connectivity index (χ1n) is 6.91. The van der Waals surface area contributed by atoms with Gasteiger partial charge in [-0.3, -0.25) is 9.59 Å². The largest absolute Gasteiger partial charge is 0.385 e. The lowest BCUT2D eigenvalue weighted by Crippen LogP contribution is -2.18. The zero-order valence-corrected chi connectivity index (χ0v) is 13.4. The zero-order valence-electron chi connectivity index (χ0n) is 12.6. The minimum absolute atomic E-state index is 0.212. The van der Waals surface area contributed by atoms with Crippen LogP contribution in [0.3, 0.4) is 0 Å². The predicted octanol–water partition coefficient (Wildman–Crippen LogP) is 3.20. The van der Waals surface area contributed by atoms with E-state index in [4.69, 9.17) is 11.6 Å². The van der Waals surface area contributed by atoms with Crippen molar-refractivity contribution in [1.29, 1.82) is 0 Å². The number of anilines is 2. The molecule has 0 heterocycles. The Morgan fingerprint density at radius 3 is 2.68 bits per heavy atom. The molecule has 25 heavy (non-hydrogen) atoms. The maximum atomic E-state index is 13.3. The molecule has 0 atom stereocenters. The Labute approximate surface area is 146 Å². The van der Waals surface area contributed by atoms with E-state index in [1.54, 1.807) is 24.3 Å². The van der Waals surface area contributed by atoms with Gasteiger partial charge in [0.1, 0.15) is 17.8 Å². The molecule has 0 aliphatic carbocycles. The Kier molecular flexibility index (Phi) is 6.41. The smallest absolute Gasteiger partial charge is 0.270 e. The predicted molar refractivity (Wildman–Crippen MR) is 89.5 cm³/mol. The van der Waals surface area contributed by atoms with E-state index in [-0.39, 0.29) is 5.69 Å². The number of oxime groups is 1. The van der Waals surface area contributed by atoms with Gasteiger partial charge in [-0.25, -0.2) is 8.78 Å². The number of hydrogen-bond donors (Lipinski definition) is 2. The molecule has 0 aliphatic rings. The third-order valence-electron chi connectivity index (χ3n) is 2.74. The van der Waals surface area contributed by atoms with E-state index in [2.05, 4.69) is 20.6 Å². The van der Waals surface area contributed by atoms with Crippen molar-refractivity contribution in [3.05, 3.63) is 59.1 Å². The zero-order chi connectivity index (χ0) is 18.2. The van der Waals surface area contributed by atoms with Crippen LogP contribution < -0.4 is 10.6 Å². The maximum Gasteiger partial charge on any atom is 0.270 e. The Hall–Kier alpha value is -3.00. The van der Waals surface area contributed by atoms with Crippen molar-refractivity contribution in [2.45, 2.75) is 0 Å². The summed E-state index contributed by atoms with van der Waals surface area (Å²) in [6.07, 6.45) is 0.718. The van der Waals surface area contributed by atoms with E-state index in [0.29, 0.717) is 16.8 Å². The normalized spacial score (nSPS) is 10.5. The summed E-state index contributed by atoms with van der Waals surface area (Å²) in [6, 6.07) is 9.19. The summed E-state index contributed by atoms with van der Waals surface area (Å²) in [4.78, 5) is 27.8. The first-order chi connectivity index (χ1) is 11.9. The molecule has 2 N–H and O–H groups in total. The average Bonchev–Trinajstić information content (AvgIpc) is 2.54. The lowest BCUT2D eigenvalue weighted by Gasteiger charge is -2.04. The Balaban J connectivity index is 1.76. The minimum atomic E-state index is -0.927. The highest BCUT2D eigenvalue weighted by molar-refractivity contribution is 6.31. The van der Waals surface area contributed by atoms with Gasteiger partial charge in [0.25, 0.3) is 11.8 Å². The van der Waals surface area contributed by atoms with Crippen LogP contribution in [0.4, 0.5) is 20.2 Å². The number of nitrogens with one attached hydrogen (secondary N) is 2. The molecule has 0 aliphatic heterocycles. The molecule has 130 valence electrons. The molecule has 0 saturated carbocycles. The van der Waals surface area contributed by atoms with Crippen LogP contribution in [0, 0.1) is 11.6 Å². The Morgan fingerprint density at radius 1 is 1.16 bits per heavy atom. The van der Waals surface area contributed by atoms with Crippen LogP contribution in [0.25, 0.3) is 0 Å². The van der Waals surface area contributed by atoms with E-state index in [1.807, 2.05) is 0 Å². The van der Waals surface area contributed by atoms with Crippen LogP contribution in [0.2, 0.25) is 5.02 Å². The number of carbonyl (C=O) groups is 2. The van der Waals surface area contributed by atoms with Gasteiger partial charge in [-0.15, -0.1) is 0 Å². The van der Waals surface area contributed by atoms with Crippen molar-refractivity contribution < 1.29 is 23.2 Å². The summed E-state index contributed by atoms with van der Waals surface area (Å²) >= 11 is 5.78. The van der Waals surface area contributed by atoms with Crippen LogP contribution in [-0.2, 0) is 14.4 Å². The summed E-state index contributed by atoms with van der Waals surface area (Å²) in [5, 5.41) is 8.42. The summed E-state index contributed by atoms with van der Waals surface area (Å²) < 4.78 is 26.1. The minimum Gasteiger partial charge on any atom is -0.385 e. The van der Waals surface area contributed by atoms with E-state index in [0.717, 1.165) is 18.3 Å². The third kappa shape index (κ3) is 6.19. The van der Waals surface area contributed by atoms with E-state index in [9.17, 15) is 18.4 Å². The van der Waals surface area contributed by atoms with Crippen LogP contribution >= 0.6 is 11.6 Å². The molecule has 2 amide bonds. The van der Waals surface area contributed by atoms with Gasteiger partial charge in [0, 0.05) is 16.8 Å². The SMILES string of the molecule is O=C(/C=N/OCC(=O)Nc1cccc(Cl)c1)Nc1ccc(F)cc1F. The fourth-order valence-electron chi connectivity index (χ4n) is 1.70. The lowest BCUT2D eigenvalue weighted by molar-refractivity contribution is -0.120. The molecule has 0 bridgehead atoms. The van der Waals surface area contributed by atoms with E-state index in [1.165, 1.54) is 0 Å². The van der Waals surface area contributed by atoms with Gasteiger partial charge in [0.2, 0.25) is 0 Å². The van der Waals surface area contributed by atoms with Gasteiger partial charge >= 0.3 is 0 Å². The highest BCUT2D eigenvalue weighted by Gasteiger charge is 2.07. The first kappa shape index (κ1) is 18.3. The highest BCUT2D eigenvalue weighted by Crippen LogP contribution is 2.15. The van der Waals surface area contributed by atoms with Crippen molar-refractivity contribution in [3.63, 3.8) is 0 Å². The second-order valence-corrected chi connectivity index (χ2v) is 5.12. The number of hydrogen-bond acceptors (Lipinski definition) is 4. The number of carbonyl (C=O) groups excluding carboxylic acids is 2. The molecular formula is C16H12ClF2N3O3. The Bertz CT molecular complexity index is 815. The Morgan fingerprint density at radius 2 is 1.96 bits per heavy atom. The highest BCUT2D eigenvalue weighted by atomic mass is 35.5. The number of rotatable bonds is 6. The maximum absolute atomic E-state index is 13.3. The fourth-order valence-corrected chi connectivity index (χ4v) is 1.89. The molecular weight excluding hydrogens is 356 g/mol. The van der Waals surface area contributed by atoms with Crippen LogP contribution in [0.15, 0.2) is 47.6 Å². The van der Waals surface area contributed by atoms with Gasteiger partial charge in [-0.05, 0) is 30.3 Å². The first-order valence-corrected chi connectivity index (χ1v) is 7.28. The summed E-state index contributed by atoms with van der Waals surface area (Å²) in [7, 11) is 0. The monoisotopic (exact) mass is 367 g/mol. The summed E-state index contributed by atoms with van der Waals surface area (Å²) in [6.45, 7) is -0.443. The number of halogens is 3. The van der Waals surface area contributed by atoms with Crippen LogP contribution in [-0.4, -0.2) is 24.6 Å². The number of benzene rings is 2. The van der Waals surface area contributed by atoms with Crippen molar-refractivity contribution in [2.75, 3.05) is 17.2 Å². The fraction of sp³-hybridized carbons (Fsp3) is 0.0625. The van der Waals surface area contributed by atoms with Crippen molar-refractivity contribution in [2.24, 2.45) is 5.16 Å². The van der Waals surface area contributed by atoms with Gasteiger partial charge in [-0.1, -0.05) is 22.8 Å². The molecule has 0 aromatic heterocycles. The molecule has 6 nitrogen and oxygen atoms in total.